The first-order valence-corrected chi connectivity index (χ1v) is 8.32. The first kappa shape index (κ1) is 15.3. The molecule has 0 spiro atoms. The summed E-state index contributed by atoms with van der Waals surface area (Å²) in [5, 5.41) is 15.8. The number of nitrogens with zero attached hydrogens (tertiary/aromatic N) is 2. The molecule has 6 nitrogen and oxygen atoms in total. The fourth-order valence-corrected chi connectivity index (χ4v) is 4.41. The fourth-order valence-electron chi connectivity index (χ4n) is 4.41. The van der Waals surface area contributed by atoms with Gasteiger partial charge in [-0.2, -0.15) is 0 Å². The lowest BCUT2D eigenvalue weighted by molar-refractivity contribution is -0.383. The molecule has 0 radical (unpaired) electrons. The van der Waals surface area contributed by atoms with E-state index in [1.807, 2.05) is 19.1 Å². The number of ether oxygens (including phenoxy) is 1. The molecule has 3 unspecified atom stereocenters. The zero-order valence-corrected chi connectivity index (χ0v) is 14.1. The van der Waals surface area contributed by atoms with Gasteiger partial charge in [-0.1, -0.05) is 26.0 Å². The van der Waals surface area contributed by atoms with Gasteiger partial charge in [-0.25, -0.2) is 4.98 Å². The number of rotatable bonds is 3. The highest BCUT2D eigenvalue weighted by molar-refractivity contribution is 5.96. The van der Waals surface area contributed by atoms with Gasteiger partial charge in [-0.3, -0.25) is 10.1 Å². The molecule has 2 aliphatic rings. The van der Waals surface area contributed by atoms with Gasteiger partial charge >= 0.3 is 0 Å². The lowest BCUT2D eigenvalue weighted by Crippen LogP contribution is -2.63. The molecule has 2 fully saturated rings. The largest absolute Gasteiger partial charge is 0.381 e. The minimum atomic E-state index is -0.368. The molecular formula is C18H21N3O3. The van der Waals surface area contributed by atoms with Gasteiger partial charge in [0.15, 0.2) is 5.52 Å². The summed E-state index contributed by atoms with van der Waals surface area (Å²) in [6, 6.07) is 7.40. The number of fused-ring (bicyclic) bond motifs is 2. The number of pyridine rings is 1. The van der Waals surface area contributed by atoms with E-state index in [0.717, 1.165) is 29.8 Å². The Labute approximate surface area is 140 Å². The van der Waals surface area contributed by atoms with Crippen molar-refractivity contribution in [2.24, 2.45) is 11.3 Å². The van der Waals surface area contributed by atoms with E-state index in [-0.39, 0.29) is 16.0 Å². The predicted molar refractivity (Wildman–Crippen MR) is 92.2 cm³/mol. The SMILES string of the molecule is Cc1cc(NC2C3CCOC3C2(C)C)c2cccc([N+](=O)[O-])c2n1. The Morgan fingerprint density at radius 3 is 2.96 bits per heavy atom. The van der Waals surface area contributed by atoms with E-state index >= 15 is 0 Å². The van der Waals surface area contributed by atoms with Gasteiger partial charge in [-0.05, 0) is 19.4 Å². The van der Waals surface area contributed by atoms with Crippen LogP contribution in [0.3, 0.4) is 0 Å². The Balaban J connectivity index is 1.77. The molecule has 3 atom stereocenters. The maximum absolute atomic E-state index is 11.3. The molecule has 1 saturated heterocycles. The zero-order chi connectivity index (χ0) is 17.1. The van der Waals surface area contributed by atoms with Gasteiger partial charge in [0.2, 0.25) is 0 Å². The number of hydrogen-bond acceptors (Lipinski definition) is 5. The fraction of sp³-hybridized carbons (Fsp3) is 0.500. The van der Waals surface area contributed by atoms with Crippen LogP contribution in [-0.2, 0) is 4.74 Å². The van der Waals surface area contributed by atoms with E-state index in [1.165, 1.54) is 6.07 Å². The van der Waals surface area contributed by atoms with Gasteiger partial charge in [0.05, 0.1) is 11.0 Å². The van der Waals surface area contributed by atoms with E-state index in [2.05, 4.69) is 24.1 Å². The van der Waals surface area contributed by atoms with Crippen LogP contribution in [0, 0.1) is 28.4 Å². The minimum Gasteiger partial charge on any atom is -0.381 e. The number of non-ortho nitro benzene ring substituents is 1. The highest BCUT2D eigenvalue weighted by atomic mass is 16.6. The van der Waals surface area contributed by atoms with Crippen LogP contribution in [0.4, 0.5) is 11.4 Å². The number of hydrogen-bond donors (Lipinski definition) is 1. The number of aryl methyl sites for hydroxylation is 1. The Kier molecular flexibility index (Phi) is 3.28. The van der Waals surface area contributed by atoms with Crippen molar-refractivity contribution in [1.82, 2.24) is 4.98 Å². The number of aromatic nitrogens is 1. The van der Waals surface area contributed by atoms with Crippen molar-refractivity contribution in [3.8, 4) is 0 Å². The van der Waals surface area contributed by atoms with Crippen molar-refractivity contribution in [1.29, 1.82) is 0 Å². The molecule has 1 aromatic heterocycles. The molecule has 1 aromatic carbocycles. The summed E-state index contributed by atoms with van der Waals surface area (Å²) in [5.74, 6) is 0.502. The first-order valence-electron chi connectivity index (χ1n) is 8.32. The quantitative estimate of drug-likeness (QED) is 0.687. The topological polar surface area (TPSA) is 77.3 Å². The van der Waals surface area contributed by atoms with Crippen LogP contribution >= 0.6 is 0 Å². The molecule has 2 heterocycles. The van der Waals surface area contributed by atoms with E-state index in [4.69, 9.17) is 4.74 Å². The summed E-state index contributed by atoms with van der Waals surface area (Å²) in [6.45, 7) is 7.12. The van der Waals surface area contributed by atoms with Crippen LogP contribution in [0.1, 0.15) is 26.0 Å². The number of benzene rings is 1. The number of anilines is 1. The van der Waals surface area contributed by atoms with Crippen LogP contribution in [0.15, 0.2) is 24.3 Å². The van der Waals surface area contributed by atoms with Crippen molar-refractivity contribution in [3.63, 3.8) is 0 Å². The van der Waals surface area contributed by atoms with E-state index < -0.39 is 0 Å². The van der Waals surface area contributed by atoms with E-state index in [1.54, 1.807) is 6.07 Å². The van der Waals surface area contributed by atoms with Crippen molar-refractivity contribution >= 4 is 22.3 Å². The Morgan fingerprint density at radius 1 is 1.42 bits per heavy atom. The Bertz CT molecular complexity index is 834. The van der Waals surface area contributed by atoms with E-state index in [9.17, 15) is 10.1 Å². The Hall–Kier alpha value is -2.21. The summed E-state index contributed by atoms with van der Waals surface area (Å²) >= 11 is 0. The molecule has 1 aliphatic heterocycles. The molecule has 2 aromatic rings. The predicted octanol–water partition coefficient (Wildman–Crippen LogP) is 3.68. The third-order valence-corrected chi connectivity index (χ3v) is 5.55. The van der Waals surface area contributed by atoms with Crippen molar-refractivity contribution in [2.45, 2.75) is 39.3 Å². The van der Waals surface area contributed by atoms with Crippen molar-refractivity contribution < 1.29 is 9.66 Å². The van der Waals surface area contributed by atoms with Crippen LogP contribution < -0.4 is 5.32 Å². The van der Waals surface area contributed by atoms with Crippen LogP contribution in [-0.4, -0.2) is 28.7 Å². The summed E-state index contributed by atoms with van der Waals surface area (Å²) in [6.07, 6.45) is 1.37. The summed E-state index contributed by atoms with van der Waals surface area (Å²) in [7, 11) is 0. The van der Waals surface area contributed by atoms with Gasteiger partial charge < -0.3 is 10.1 Å². The smallest absolute Gasteiger partial charge is 0.295 e. The molecule has 0 bridgehead atoms. The van der Waals surface area contributed by atoms with Gasteiger partial charge in [-0.15, -0.1) is 0 Å². The monoisotopic (exact) mass is 327 g/mol. The number of para-hydroxylation sites is 1. The van der Waals surface area contributed by atoms with Gasteiger partial charge in [0, 0.05) is 46.8 Å². The lowest BCUT2D eigenvalue weighted by Gasteiger charge is -2.55. The summed E-state index contributed by atoms with van der Waals surface area (Å²) < 4.78 is 5.86. The second kappa shape index (κ2) is 5.14. The highest BCUT2D eigenvalue weighted by Crippen LogP contribution is 2.53. The molecule has 1 saturated carbocycles. The second-order valence-electron chi connectivity index (χ2n) is 7.43. The van der Waals surface area contributed by atoms with Crippen LogP contribution in [0.25, 0.3) is 10.9 Å². The maximum Gasteiger partial charge on any atom is 0.295 e. The lowest BCUT2D eigenvalue weighted by atomic mass is 9.57. The van der Waals surface area contributed by atoms with Crippen LogP contribution in [0.2, 0.25) is 0 Å². The number of nitro groups is 1. The molecule has 1 N–H and O–H groups in total. The molecule has 0 amide bonds. The highest BCUT2D eigenvalue weighted by Gasteiger charge is 2.59. The molecule has 126 valence electrons. The molecule has 1 aliphatic carbocycles. The molecule has 6 heteroatoms. The third-order valence-electron chi connectivity index (χ3n) is 5.55. The maximum atomic E-state index is 11.3. The standard InChI is InChI=1S/C18H21N3O3/c1-10-9-13(11-5-4-6-14(21(22)23)15(11)19-10)20-16-12-7-8-24-17(12)18(16,2)3/h4-6,9,12,16-17H,7-8H2,1-3H3,(H,19,20). The average molecular weight is 327 g/mol. The number of nitro benzene ring substituents is 1. The minimum absolute atomic E-state index is 0.0470. The van der Waals surface area contributed by atoms with Crippen molar-refractivity contribution in [2.75, 3.05) is 11.9 Å². The average Bonchev–Trinajstić information content (AvgIpc) is 2.98. The number of nitrogens with one attached hydrogen (secondary N) is 1. The van der Waals surface area contributed by atoms with E-state index in [0.29, 0.717) is 23.6 Å². The zero-order valence-electron chi connectivity index (χ0n) is 14.1. The van der Waals surface area contributed by atoms with Gasteiger partial charge in [0.25, 0.3) is 5.69 Å². The molecule has 24 heavy (non-hydrogen) atoms. The van der Waals surface area contributed by atoms with Crippen LogP contribution in [0.5, 0.6) is 0 Å². The third kappa shape index (κ3) is 2.09. The normalized spacial score (nSPS) is 27.5. The Morgan fingerprint density at radius 2 is 2.21 bits per heavy atom. The summed E-state index contributed by atoms with van der Waals surface area (Å²) in [5.41, 5.74) is 2.24. The molecular weight excluding hydrogens is 306 g/mol. The van der Waals surface area contributed by atoms with Crippen molar-refractivity contribution in [3.05, 3.63) is 40.1 Å². The van der Waals surface area contributed by atoms with Gasteiger partial charge in [0.1, 0.15) is 0 Å². The molecule has 4 rings (SSSR count). The first-order chi connectivity index (χ1) is 11.4. The summed E-state index contributed by atoms with van der Waals surface area (Å²) in [4.78, 5) is 15.3. The second-order valence-corrected chi connectivity index (χ2v) is 7.43.